The molecule has 0 bridgehead atoms. The van der Waals surface area contributed by atoms with Crippen LogP contribution in [0.4, 0.5) is 10.1 Å². The van der Waals surface area contributed by atoms with Gasteiger partial charge in [-0.05, 0) is 29.3 Å². The number of aliphatic carboxylic acids is 1. The molecule has 104 valence electrons. The van der Waals surface area contributed by atoms with Crippen molar-refractivity contribution in [2.75, 3.05) is 5.32 Å². The van der Waals surface area contributed by atoms with Crippen LogP contribution in [0.5, 0.6) is 0 Å². The minimum absolute atomic E-state index is 0.0327. The molecule has 0 radical (unpaired) electrons. The van der Waals surface area contributed by atoms with E-state index in [9.17, 15) is 9.18 Å². The number of anilines is 1. The van der Waals surface area contributed by atoms with Gasteiger partial charge in [-0.15, -0.1) is 0 Å². The summed E-state index contributed by atoms with van der Waals surface area (Å²) in [4.78, 5) is 10.8. The monoisotopic (exact) mass is 293 g/mol. The molecular weight excluding hydrogens is 281 g/mol. The summed E-state index contributed by atoms with van der Waals surface area (Å²) >= 11 is 5.92. The summed E-state index contributed by atoms with van der Waals surface area (Å²) in [6.45, 7) is 0.425. The van der Waals surface area contributed by atoms with Crippen molar-refractivity contribution in [3.63, 3.8) is 0 Å². The Balaban J connectivity index is 2.12. The molecule has 0 aromatic heterocycles. The van der Waals surface area contributed by atoms with Crippen LogP contribution in [0.15, 0.2) is 42.5 Å². The fourth-order valence-corrected chi connectivity index (χ4v) is 2.12. The maximum atomic E-state index is 12.9. The van der Waals surface area contributed by atoms with E-state index in [2.05, 4.69) is 5.32 Å². The Labute approximate surface area is 121 Å². The van der Waals surface area contributed by atoms with Gasteiger partial charge in [0.1, 0.15) is 5.82 Å². The van der Waals surface area contributed by atoms with E-state index in [0.717, 1.165) is 11.1 Å². The third-order valence-corrected chi connectivity index (χ3v) is 3.17. The maximum absolute atomic E-state index is 12.9. The highest BCUT2D eigenvalue weighted by Crippen LogP contribution is 2.23. The molecule has 2 rings (SSSR count). The highest BCUT2D eigenvalue weighted by molar-refractivity contribution is 6.33. The van der Waals surface area contributed by atoms with Crippen LogP contribution < -0.4 is 5.32 Å². The topological polar surface area (TPSA) is 49.3 Å². The van der Waals surface area contributed by atoms with Crippen LogP contribution in [-0.2, 0) is 17.8 Å². The summed E-state index contributed by atoms with van der Waals surface area (Å²) in [6.07, 6.45) is -0.0327. The molecule has 0 aliphatic rings. The predicted molar refractivity (Wildman–Crippen MR) is 76.5 cm³/mol. The van der Waals surface area contributed by atoms with E-state index >= 15 is 0 Å². The number of carboxylic acids is 1. The van der Waals surface area contributed by atoms with Crippen LogP contribution in [0.2, 0.25) is 5.02 Å². The summed E-state index contributed by atoms with van der Waals surface area (Å²) in [5.41, 5.74) is 2.22. The van der Waals surface area contributed by atoms with Crippen LogP contribution in [0, 0.1) is 5.82 Å². The molecule has 3 nitrogen and oxygen atoms in total. The third kappa shape index (κ3) is 3.71. The van der Waals surface area contributed by atoms with E-state index in [0.29, 0.717) is 17.3 Å². The smallest absolute Gasteiger partial charge is 0.307 e. The molecule has 5 heteroatoms. The molecule has 0 fully saturated rings. The highest BCUT2D eigenvalue weighted by Gasteiger charge is 2.07. The number of nitrogens with one attached hydrogen (secondary N) is 1. The summed E-state index contributed by atoms with van der Waals surface area (Å²) in [5.74, 6) is -1.27. The Morgan fingerprint density at radius 3 is 2.55 bits per heavy atom. The number of carboxylic acid groups (broad SMARTS) is 1. The molecule has 0 atom stereocenters. The van der Waals surface area contributed by atoms with Gasteiger partial charge in [0.15, 0.2) is 0 Å². The van der Waals surface area contributed by atoms with Crippen LogP contribution in [0.25, 0.3) is 0 Å². The first-order chi connectivity index (χ1) is 9.56. The van der Waals surface area contributed by atoms with Crippen molar-refractivity contribution in [1.82, 2.24) is 0 Å². The zero-order chi connectivity index (χ0) is 14.5. The van der Waals surface area contributed by atoms with Gasteiger partial charge >= 0.3 is 5.97 Å². The molecule has 0 saturated heterocycles. The second kappa shape index (κ2) is 6.39. The lowest BCUT2D eigenvalue weighted by Gasteiger charge is -2.11. The summed E-state index contributed by atoms with van der Waals surface area (Å²) in [5, 5.41) is 12.2. The zero-order valence-corrected chi connectivity index (χ0v) is 11.3. The third-order valence-electron chi connectivity index (χ3n) is 2.86. The van der Waals surface area contributed by atoms with Gasteiger partial charge < -0.3 is 10.4 Å². The fourth-order valence-electron chi connectivity index (χ4n) is 1.89. The predicted octanol–water partition coefficient (Wildman–Crippen LogP) is 3.72. The summed E-state index contributed by atoms with van der Waals surface area (Å²) < 4.78 is 12.9. The number of carbonyl (C=O) groups is 1. The highest BCUT2D eigenvalue weighted by atomic mass is 35.5. The van der Waals surface area contributed by atoms with Gasteiger partial charge in [-0.2, -0.15) is 0 Å². The van der Waals surface area contributed by atoms with Crippen molar-refractivity contribution in [3.8, 4) is 0 Å². The first-order valence-corrected chi connectivity index (χ1v) is 6.41. The van der Waals surface area contributed by atoms with Crippen molar-refractivity contribution in [2.24, 2.45) is 0 Å². The quantitative estimate of drug-likeness (QED) is 0.883. The minimum Gasteiger partial charge on any atom is -0.481 e. The van der Waals surface area contributed by atoms with Gasteiger partial charge in [0.25, 0.3) is 0 Å². The van der Waals surface area contributed by atoms with E-state index in [1.807, 2.05) is 12.1 Å². The Morgan fingerprint density at radius 2 is 1.90 bits per heavy atom. The summed E-state index contributed by atoms with van der Waals surface area (Å²) in [7, 11) is 0. The van der Waals surface area contributed by atoms with Gasteiger partial charge in [0.05, 0.1) is 17.1 Å². The molecule has 0 saturated carbocycles. The molecule has 0 heterocycles. The molecule has 0 amide bonds. The summed E-state index contributed by atoms with van der Waals surface area (Å²) in [6, 6.07) is 11.4. The lowest BCUT2D eigenvalue weighted by atomic mass is 10.0. The van der Waals surface area contributed by atoms with E-state index in [-0.39, 0.29) is 6.42 Å². The number of benzene rings is 2. The van der Waals surface area contributed by atoms with E-state index in [1.54, 1.807) is 18.2 Å². The zero-order valence-electron chi connectivity index (χ0n) is 10.6. The van der Waals surface area contributed by atoms with Crippen molar-refractivity contribution >= 4 is 23.3 Å². The average Bonchev–Trinajstić information content (AvgIpc) is 2.39. The molecule has 2 aromatic rings. The van der Waals surface area contributed by atoms with Crippen molar-refractivity contribution in [3.05, 3.63) is 64.4 Å². The molecular formula is C15H13ClFNO2. The molecule has 0 aliphatic heterocycles. The van der Waals surface area contributed by atoms with Gasteiger partial charge in [-0.3, -0.25) is 4.79 Å². The number of hydrogen-bond acceptors (Lipinski definition) is 2. The normalized spacial score (nSPS) is 10.3. The van der Waals surface area contributed by atoms with Crippen LogP contribution in [0.3, 0.4) is 0 Å². The van der Waals surface area contributed by atoms with Crippen molar-refractivity contribution < 1.29 is 14.3 Å². The van der Waals surface area contributed by atoms with Crippen molar-refractivity contribution in [2.45, 2.75) is 13.0 Å². The van der Waals surface area contributed by atoms with Gasteiger partial charge in [-0.25, -0.2) is 4.39 Å². The van der Waals surface area contributed by atoms with Gasteiger partial charge in [-0.1, -0.05) is 35.9 Å². The van der Waals surface area contributed by atoms with E-state index in [1.165, 1.54) is 12.1 Å². The van der Waals surface area contributed by atoms with Crippen LogP contribution >= 0.6 is 11.6 Å². The first kappa shape index (κ1) is 14.3. The second-order valence-corrected chi connectivity index (χ2v) is 4.72. The first-order valence-electron chi connectivity index (χ1n) is 6.04. The Kier molecular flexibility index (Phi) is 4.58. The van der Waals surface area contributed by atoms with Crippen LogP contribution in [0.1, 0.15) is 11.1 Å². The number of halogens is 2. The Hall–Kier alpha value is -2.07. The molecule has 0 spiro atoms. The molecule has 20 heavy (non-hydrogen) atoms. The molecule has 2 N–H and O–H groups in total. The average molecular weight is 294 g/mol. The van der Waals surface area contributed by atoms with Gasteiger partial charge in [0.2, 0.25) is 0 Å². The van der Waals surface area contributed by atoms with E-state index in [4.69, 9.17) is 16.7 Å². The number of hydrogen-bond donors (Lipinski definition) is 2. The lowest BCUT2D eigenvalue weighted by molar-refractivity contribution is -0.136. The second-order valence-electron chi connectivity index (χ2n) is 4.32. The SMILES string of the molecule is O=C(O)Cc1ccccc1CNc1ccc(F)cc1Cl. The molecule has 2 aromatic carbocycles. The standard InChI is InChI=1S/C15H13ClFNO2/c16-13-8-12(17)5-6-14(13)18-9-11-4-2-1-3-10(11)7-15(19)20/h1-6,8,18H,7,9H2,(H,19,20). The maximum Gasteiger partial charge on any atom is 0.307 e. The van der Waals surface area contributed by atoms with E-state index < -0.39 is 11.8 Å². The van der Waals surface area contributed by atoms with Gasteiger partial charge in [0, 0.05) is 6.54 Å². The van der Waals surface area contributed by atoms with Crippen molar-refractivity contribution in [1.29, 1.82) is 0 Å². The molecule has 0 unspecified atom stereocenters. The lowest BCUT2D eigenvalue weighted by Crippen LogP contribution is -2.07. The Bertz CT molecular complexity index is 631. The van der Waals surface area contributed by atoms with Crippen LogP contribution in [-0.4, -0.2) is 11.1 Å². The molecule has 0 aliphatic carbocycles. The Morgan fingerprint density at radius 1 is 1.20 bits per heavy atom. The largest absolute Gasteiger partial charge is 0.481 e. The fraction of sp³-hybridized carbons (Fsp3) is 0.133. The minimum atomic E-state index is -0.878. The number of rotatable bonds is 5.